The second kappa shape index (κ2) is 14.8. The maximum atomic E-state index is 15.3. The third-order valence-corrected chi connectivity index (χ3v) is 15.7. The maximum Gasteiger partial charge on any atom is 0.414 e. The van der Waals surface area contributed by atoms with E-state index in [1.54, 1.807) is 21.8 Å². The highest BCUT2D eigenvalue weighted by Gasteiger charge is 2.66. The predicted octanol–water partition coefficient (Wildman–Crippen LogP) is 5.83. The molecule has 3 aliphatic rings. The Balaban J connectivity index is 1.34. The first-order valence-electron chi connectivity index (χ1n) is 18.3. The number of fused-ring (bicyclic) bond motifs is 2. The number of rotatable bonds is 12. The van der Waals surface area contributed by atoms with Gasteiger partial charge < -0.3 is 29.1 Å². The molecule has 7 rings (SSSR count). The summed E-state index contributed by atoms with van der Waals surface area (Å²) in [4.78, 5) is 47.5. The Bertz CT molecular complexity index is 1960. The first-order chi connectivity index (χ1) is 25.6. The lowest BCUT2D eigenvalue weighted by Crippen LogP contribution is -2.52. The molecule has 1 N–H and O–H groups in total. The van der Waals surface area contributed by atoms with Gasteiger partial charge in [-0.2, -0.15) is 0 Å². The zero-order valence-corrected chi connectivity index (χ0v) is 31.7. The molecule has 0 unspecified atom stereocenters. The molecule has 11 heteroatoms. The molecule has 2 fully saturated rings. The summed E-state index contributed by atoms with van der Waals surface area (Å²) in [6.45, 7) is 8.02. The number of hydrogen-bond donors (Lipinski definition) is 1. The number of carbonyl (C=O) groups is 3. The molecule has 0 saturated carbocycles. The van der Waals surface area contributed by atoms with Crippen LogP contribution in [0.2, 0.25) is 18.6 Å². The van der Waals surface area contributed by atoms with Crippen molar-refractivity contribution in [3.8, 4) is 5.75 Å². The van der Waals surface area contributed by atoms with Crippen LogP contribution in [0, 0.1) is 5.92 Å². The Hall–Kier alpha value is -4.97. The van der Waals surface area contributed by atoms with E-state index in [2.05, 4.69) is 32.2 Å². The fourth-order valence-electron chi connectivity index (χ4n) is 8.74. The predicted molar refractivity (Wildman–Crippen MR) is 206 cm³/mol. The van der Waals surface area contributed by atoms with Crippen molar-refractivity contribution in [3.63, 3.8) is 0 Å². The van der Waals surface area contributed by atoms with Gasteiger partial charge in [-0.25, -0.2) is 4.79 Å². The maximum absolute atomic E-state index is 15.3. The second-order valence-electron chi connectivity index (χ2n) is 14.7. The molecule has 53 heavy (non-hydrogen) atoms. The Morgan fingerprint density at radius 3 is 2.26 bits per heavy atom. The molecule has 276 valence electrons. The first kappa shape index (κ1) is 36.4. The van der Waals surface area contributed by atoms with Crippen LogP contribution in [0.4, 0.5) is 16.2 Å². The standard InChI is InChI=1S/C42H47N3O7Si/c1-29-39(53(3,4)34-18-16-33(50-2)17-19-34)37(26-38(47)43(21-23-46)27-30-11-7-5-8-12-30)52-42(29)35-25-32(44-22-24-51-41(44)49)15-20-36(35)45(40(42)48)28-31-13-9-6-10-14-31/h5-20,25,29,37,39,46H,21-24,26-28H2,1-4H3/t29-,37+,39-,42+/m0/s1. The molecule has 4 aromatic carbocycles. The van der Waals surface area contributed by atoms with Gasteiger partial charge in [0.2, 0.25) is 5.91 Å². The minimum atomic E-state index is -2.55. The van der Waals surface area contributed by atoms with E-state index >= 15 is 4.79 Å². The van der Waals surface area contributed by atoms with E-state index in [0.717, 1.165) is 27.8 Å². The fraction of sp³-hybridized carbons (Fsp3) is 0.357. The Morgan fingerprint density at radius 2 is 1.64 bits per heavy atom. The van der Waals surface area contributed by atoms with Gasteiger partial charge >= 0.3 is 6.09 Å². The highest BCUT2D eigenvalue weighted by molar-refractivity contribution is 6.91. The van der Waals surface area contributed by atoms with Crippen LogP contribution in [0.1, 0.15) is 30.0 Å². The summed E-state index contributed by atoms with van der Waals surface area (Å²) in [6.07, 6.45) is -1.01. The van der Waals surface area contributed by atoms with E-state index in [9.17, 15) is 14.7 Å². The molecule has 3 amide bonds. The average molecular weight is 734 g/mol. The molecule has 3 aliphatic heterocycles. The lowest BCUT2D eigenvalue weighted by molar-refractivity contribution is -0.150. The normalized spacial score (nSPS) is 22.3. The number of benzene rings is 4. The van der Waals surface area contributed by atoms with E-state index in [0.29, 0.717) is 30.9 Å². The molecule has 0 aromatic heterocycles. The van der Waals surface area contributed by atoms with E-state index in [1.165, 1.54) is 0 Å². The van der Waals surface area contributed by atoms with Crippen LogP contribution in [0.15, 0.2) is 103 Å². The summed E-state index contributed by atoms with van der Waals surface area (Å²) >= 11 is 0. The fourth-order valence-corrected chi connectivity index (χ4v) is 12.7. The molecule has 4 atom stereocenters. The largest absolute Gasteiger partial charge is 0.497 e. The lowest BCUT2D eigenvalue weighted by Gasteiger charge is -2.37. The van der Waals surface area contributed by atoms with Gasteiger partial charge in [0.15, 0.2) is 5.60 Å². The first-order valence-corrected chi connectivity index (χ1v) is 21.4. The van der Waals surface area contributed by atoms with Crippen molar-refractivity contribution in [2.45, 2.75) is 56.8 Å². The van der Waals surface area contributed by atoms with Gasteiger partial charge in [0, 0.05) is 30.3 Å². The number of anilines is 2. The van der Waals surface area contributed by atoms with Gasteiger partial charge in [-0.05, 0) is 47.0 Å². The SMILES string of the molecule is COc1ccc([Si](C)(C)[C@@H]2[C@@H](CC(=O)N(CCO)Cc3ccccc3)O[C@]3(C(=O)N(Cc4ccccc4)c4ccc(N5CCOC5=O)cc43)[C@H]2C)cc1. The average Bonchev–Trinajstić information content (AvgIpc) is 3.80. The number of amides is 3. The topological polar surface area (TPSA) is 109 Å². The van der Waals surface area contributed by atoms with Gasteiger partial charge in [-0.15, -0.1) is 0 Å². The van der Waals surface area contributed by atoms with Gasteiger partial charge in [0.1, 0.15) is 12.4 Å². The number of nitrogens with zero attached hydrogens (tertiary/aromatic N) is 3. The molecule has 4 aromatic rings. The monoisotopic (exact) mass is 733 g/mol. The molecule has 1 spiro atoms. The molecular formula is C42H47N3O7Si. The summed E-state index contributed by atoms with van der Waals surface area (Å²) in [5.74, 6) is 0.0720. The number of carbonyl (C=O) groups excluding carboxylic acids is 3. The Labute approximate surface area is 311 Å². The van der Waals surface area contributed by atoms with Crippen LogP contribution >= 0.6 is 0 Å². The molecule has 0 radical (unpaired) electrons. The highest BCUT2D eigenvalue weighted by atomic mass is 28.3. The van der Waals surface area contributed by atoms with Gasteiger partial charge in [-0.3, -0.25) is 14.5 Å². The second-order valence-corrected chi connectivity index (χ2v) is 19.4. The number of aliphatic hydroxyl groups excluding tert-OH is 1. The zero-order valence-electron chi connectivity index (χ0n) is 30.7. The molecular weight excluding hydrogens is 687 g/mol. The quantitative estimate of drug-likeness (QED) is 0.183. The van der Waals surface area contributed by atoms with Gasteiger partial charge in [-0.1, -0.05) is 98.0 Å². The van der Waals surface area contributed by atoms with Crippen molar-refractivity contribution < 1.29 is 33.7 Å². The summed E-state index contributed by atoms with van der Waals surface area (Å²) in [5, 5.41) is 11.2. The Kier molecular flexibility index (Phi) is 10.2. The number of aliphatic hydroxyl groups is 1. The number of hydrogen-bond acceptors (Lipinski definition) is 7. The van der Waals surface area contributed by atoms with Crippen LogP contribution in [0.25, 0.3) is 0 Å². The number of ether oxygens (including phenoxy) is 3. The van der Waals surface area contributed by atoms with Crippen molar-refractivity contribution in [3.05, 3.63) is 120 Å². The minimum absolute atomic E-state index is 0.0373. The van der Waals surface area contributed by atoms with Gasteiger partial charge in [0.05, 0.1) is 53.1 Å². The summed E-state index contributed by atoms with van der Waals surface area (Å²) in [7, 11) is -0.906. The van der Waals surface area contributed by atoms with E-state index in [4.69, 9.17) is 14.2 Å². The van der Waals surface area contributed by atoms with Crippen molar-refractivity contribution in [1.82, 2.24) is 4.90 Å². The van der Waals surface area contributed by atoms with E-state index < -0.39 is 25.9 Å². The zero-order chi connectivity index (χ0) is 37.3. The smallest absolute Gasteiger partial charge is 0.414 e. The summed E-state index contributed by atoms with van der Waals surface area (Å²) in [6, 6.07) is 33.4. The minimum Gasteiger partial charge on any atom is -0.497 e. The molecule has 2 saturated heterocycles. The lowest BCUT2D eigenvalue weighted by atomic mass is 9.82. The summed E-state index contributed by atoms with van der Waals surface area (Å²) < 4.78 is 18.0. The van der Waals surface area contributed by atoms with Crippen LogP contribution in [0.5, 0.6) is 5.75 Å². The van der Waals surface area contributed by atoms with Gasteiger partial charge in [0.25, 0.3) is 5.91 Å². The summed E-state index contributed by atoms with van der Waals surface area (Å²) in [5.41, 5.74) is 2.38. The molecule has 0 bridgehead atoms. The third kappa shape index (κ3) is 6.62. The van der Waals surface area contributed by atoms with Crippen molar-refractivity contribution in [2.75, 3.05) is 43.2 Å². The van der Waals surface area contributed by atoms with E-state index in [1.807, 2.05) is 91.0 Å². The van der Waals surface area contributed by atoms with Crippen LogP contribution in [0.3, 0.4) is 0 Å². The van der Waals surface area contributed by atoms with Crippen molar-refractivity contribution >= 4 is 42.5 Å². The van der Waals surface area contributed by atoms with Crippen LogP contribution < -0.4 is 19.7 Å². The van der Waals surface area contributed by atoms with Crippen molar-refractivity contribution in [2.24, 2.45) is 5.92 Å². The van der Waals surface area contributed by atoms with E-state index in [-0.39, 0.29) is 49.5 Å². The number of methoxy groups -OCH3 is 1. The van der Waals surface area contributed by atoms with Crippen LogP contribution in [-0.2, 0) is 37.8 Å². The number of cyclic esters (lactones) is 1. The van der Waals surface area contributed by atoms with Crippen molar-refractivity contribution in [1.29, 1.82) is 0 Å². The molecule has 10 nitrogen and oxygen atoms in total. The highest BCUT2D eigenvalue weighted by Crippen LogP contribution is 2.60. The third-order valence-electron chi connectivity index (χ3n) is 11.4. The Morgan fingerprint density at radius 1 is 0.962 bits per heavy atom. The van der Waals surface area contributed by atoms with Crippen LogP contribution in [-0.4, -0.2) is 75.5 Å². The molecule has 0 aliphatic carbocycles. The molecule has 3 heterocycles.